The van der Waals surface area contributed by atoms with Crippen molar-refractivity contribution in [3.63, 3.8) is 0 Å². The third-order valence-electron chi connectivity index (χ3n) is 3.76. The van der Waals surface area contributed by atoms with Crippen LogP contribution in [0.2, 0.25) is 0 Å². The van der Waals surface area contributed by atoms with Gasteiger partial charge in [0.05, 0.1) is 18.3 Å². The lowest BCUT2D eigenvalue weighted by Gasteiger charge is -2.29. The van der Waals surface area contributed by atoms with Crippen molar-refractivity contribution in [3.8, 4) is 0 Å². The fourth-order valence-electron chi connectivity index (χ4n) is 2.66. The van der Waals surface area contributed by atoms with Crippen LogP contribution in [0.1, 0.15) is 18.2 Å². The second-order valence-corrected chi connectivity index (χ2v) is 5.03. The molecule has 0 saturated carbocycles. The summed E-state index contributed by atoms with van der Waals surface area (Å²) in [7, 11) is 1.32. The first kappa shape index (κ1) is 14.3. The van der Waals surface area contributed by atoms with E-state index in [9.17, 15) is 10.2 Å². The third kappa shape index (κ3) is 2.19. The maximum absolute atomic E-state index is 10.3. The molecular formula is C12H18N4O5. The lowest BCUT2D eigenvalue weighted by molar-refractivity contribution is -0.187. The van der Waals surface area contributed by atoms with E-state index in [0.717, 1.165) is 0 Å². The first-order chi connectivity index (χ1) is 9.98. The van der Waals surface area contributed by atoms with Crippen molar-refractivity contribution >= 4 is 11.8 Å². The summed E-state index contributed by atoms with van der Waals surface area (Å²) in [5, 5.41) is 32.2. The van der Waals surface area contributed by atoms with Crippen molar-refractivity contribution in [2.24, 2.45) is 10.7 Å². The Labute approximate surface area is 120 Å². The molecule has 0 spiro atoms. The Kier molecular flexibility index (Phi) is 3.38. The van der Waals surface area contributed by atoms with E-state index in [4.69, 9.17) is 20.3 Å². The molecule has 116 valence electrons. The number of nitrogens with two attached hydrogens (primary N) is 1. The monoisotopic (exact) mass is 298 g/mol. The molecule has 2 aliphatic rings. The topological polar surface area (TPSA) is 134 Å². The van der Waals surface area contributed by atoms with Crippen molar-refractivity contribution in [2.75, 3.05) is 19.0 Å². The van der Waals surface area contributed by atoms with Crippen molar-refractivity contribution in [1.82, 2.24) is 4.57 Å². The molecule has 0 radical (unpaired) electrons. The Hall–Kier alpha value is -1.65. The zero-order valence-corrected chi connectivity index (χ0v) is 11.4. The Balaban J connectivity index is 1.95. The molecule has 0 bridgehead atoms. The van der Waals surface area contributed by atoms with Crippen LogP contribution in [0.5, 0.6) is 0 Å². The molecule has 2 aliphatic heterocycles. The predicted molar refractivity (Wildman–Crippen MR) is 72.2 cm³/mol. The number of guanidine groups is 1. The highest BCUT2D eigenvalue weighted by Gasteiger charge is 2.41. The molecule has 6 N–H and O–H groups in total. The van der Waals surface area contributed by atoms with Crippen LogP contribution in [-0.4, -0.2) is 51.8 Å². The standard InChI is InChI=1S/C12H18N4O5/c1-20-12(19)6-2-3-16(10(6)14-11(13)15-12)9-4-7(18)8(5-17)21-9/h2-3,7-9,17-19H,4-5H2,1H3,(H3,13,14,15). The van der Waals surface area contributed by atoms with Gasteiger partial charge in [0.15, 0.2) is 5.96 Å². The van der Waals surface area contributed by atoms with Crippen molar-refractivity contribution in [3.05, 3.63) is 17.8 Å². The minimum atomic E-state index is -1.86. The highest BCUT2D eigenvalue weighted by Crippen LogP contribution is 2.39. The largest absolute Gasteiger partial charge is 0.394 e. The van der Waals surface area contributed by atoms with Crippen molar-refractivity contribution in [2.45, 2.75) is 30.8 Å². The van der Waals surface area contributed by atoms with Crippen LogP contribution < -0.4 is 11.1 Å². The van der Waals surface area contributed by atoms with Crippen molar-refractivity contribution in [1.29, 1.82) is 0 Å². The number of rotatable bonds is 3. The van der Waals surface area contributed by atoms with Gasteiger partial charge in [-0.15, -0.1) is 0 Å². The fraction of sp³-hybridized carbons (Fsp3) is 0.583. The zero-order chi connectivity index (χ0) is 15.2. The summed E-state index contributed by atoms with van der Waals surface area (Å²) in [6.07, 6.45) is 0.113. The summed E-state index contributed by atoms with van der Waals surface area (Å²) in [6, 6.07) is 1.63. The van der Waals surface area contributed by atoms with Crippen LogP contribution in [0.25, 0.3) is 0 Å². The molecule has 3 rings (SSSR count). The van der Waals surface area contributed by atoms with E-state index in [-0.39, 0.29) is 12.6 Å². The van der Waals surface area contributed by atoms with Gasteiger partial charge in [0.2, 0.25) is 0 Å². The van der Waals surface area contributed by atoms with Crippen molar-refractivity contribution < 1.29 is 24.8 Å². The number of hydrogen-bond donors (Lipinski definition) is 5. The van der Waals surface area contributed by atoms with E-state index >= 15 is 0 Å². The van der Waals surface area contributed by atoms with E-state index in [1.165, 1.54) is 7.11 Å². The molecule has 0 amide bonds. The highest BCUT2D eigenvalue weighted by molar-refractivity contribution is 5.94. The van der Waals surface area contributed by atoms with Gasteiger partial charge in [0, 0.05) is 19.7 Å². The maximum atomic E-state index is 10.3. The Morgan fingerprint density at radius 2 is 2.43 bits per heavy atom. The van der Waals surface area contributed by atoms with Crippen LogP contribution >= 0.6 is 0 Å². The Morgan fingerprint density at radius 1 is 1.67 bits per heavy atom. The van der Waals surface area contributed by atoms with E-state index in [0.29, 0.717) is 17.8 Å². The molecule has 1 saturated heterocycles. The second-order valence-electron chi connectivity index (χ2n) is 5.03. The van der Waals surface area contributed by atoms with Crippen LogP contribution in [0.4, 0.5) is 5.82 Å². The smallest absolute Gasteiger partial charge is 0.301 e. The van der Waals surface area contributed by atoms with Gasteiger partial charge in [0.25, 0.3) is 0 Å². The van der Waals surface area contributed by atoms with Gasteiger partial charge in [0.1, 0.15) is 18.1 Å². The molecule has 9 heteroatoms. The first-order valence-electron chi connectivity index (χ1n) is 6.54. The summed E-state index contributed by atoms with van der Waals surface area (Å²) in [5.74, 6) is -1.38. The first-order valence-corrected chi connectivity index (χ1v) is 6.54. The van der Waals surface area contributed by atoms with Gasteiger partial charge < -0.3 is 40.4 Å². The Morgan fingerprint density at radius 3 is 3.05 bits per heavy atom. The maximum Gasteiger partial charge on any atom is 0.301 e. The highest BCUT2D eigenvalue weighted by atomic mass is 16.6. The molecule has 1 fully saturated rings. The molecule has 0 aromatic carbocycles. The average Bonchev–Trinajstić information content (AvgIpc) is 3.02. The summed E-state index contributed by atoms with van der Waals surface area (Å²) in [6.45, 7) is -0.264. The van der Waals surface area contributed by atoms with E-state index in [2.05, 4.69) is 10.3 Å². The number of methoxy groups -OCH3 is 1. The van der Waals surface area contributed by atoms with E-state index < -0.39 is 24.3 Å². The van der Waals surface area contributed by atoms with Gasteiger partial charge in [-0.1, -0.05) is 0 Å². The quantitative estimate of drug-likeness (QED) is 0.434. The average molecular weight is 298 g/mol. The number of aliphatic hydroxyl groups is 3. The molecule has 4 atom stereocenters. The minimum Gasteiger partial charge on any atom is -0.394 e. The number of anilines is 1. The molecule has 1 aromatic rings. The van der Waals surface area contributed by atoms with Gasteiger partial charge in [-0.25, -0.2) is 0 Å². The van der Waals surface area contributed by atoms with Crippen LogP contribution in [0, 0.1) is 0 Å². The second kappa shape index (κ2) is 4.97. The number of aliphatic hydroxyl groups excluding tert-OH is 2. The minimum absolute atomic E-state index is 0.00375. The third-order valence-corrected chi connectivity index (χ3v) is 3.76. The predicted octanol–water partition coefficient (Wildman–Crippen LogP) is -1.38. The summed E-state index contributed by atoms with van der Waals surface area (Å²) >= 11 is 0. The molecule has 3 heterocycles. The normalized spacial score (nSPS) is 35.2. The lowest BCUT2D eigenvalue weighted by Crippen LogP contribution is -2.38. The number of nitrogens with one attached hydrogen (secondary N) is 1. The van der Waals surface area contributed by atoms with Crippen LogP contribution in [0.15, 0.2) is 17.3 Å². The molecule has 0 aliphatic carbocycles. The van der Waals surface area contributed by atoms with Crippen LogP contribution in [0.3, 0.4) is 0 Å². The molecule has 21 heavy (non-hydrogen) atoms. The fourth-order valence-corrected chi connectivity index (χ4v) is 2.66. The number of fused-ring (bicyclic) bond motifs is 1. The number of aromatic nitrogens is 1. The van der Waals surface area contributed by atoms with Gasteiger partial charge >= 0.3 is 5.91 Å². The van der Waals surface area contributed by atoms with Crippen LogP contribution in [-0.2, 0) is 15.4 Å². The lowest BCUT2D eigenvalue weighted by atomic mass is 10.2. The van der Waals surface area contributed by atoms with Gasteiger partial charge in [-0.2, -0.15) is 4.99 Å². The SMILES string of the molecule is COC1(O)N=C(N)Nc2c1ccn2C1CC(O)C(CO)O1. The Bertz CT molecular complexity index is 574. The number of hydrogen-bond acceptors (Lipinski definition) is 8. The zero-order valence-electron chi connectivity index (χ0n) is 11.4. The number of aliphatic imine (C=N–C) groups is 1. The molecule has 4 unspecified atom stereocenters. The summed E-state index contributed by atoms with van der Waals surface area (Å²) < 4.78 is 12.3. The van der Waals surface area contributed by atoms with E-state index in [1.54, 1.807) is 16.8 Å². The molecule has 1 aromatic heterocycles. The number of nitrogens with zero attached hydrogens (tertiary/aromatic N) is 2. The van der Waals surface area contributed by atoms with Gasteiger partial charge in [-0.05, 0) is 6.07 Å². The molecular weight excluding hydrogens is 280 g/mol. The summed E-state index contributed by atoms with van der Waals surface area (Å²) in [5.41, 5.74) is 6.06. The van der Waals surface area contributed by atoms with Gasteiger partial charge in [-0.3, -0.25) is 0 Å². The summed E-state index contributed by atoms with van der Waals surface area (Å²) in [4.78, 5) is 3.83. The number of ether oxygens (including phenoxy) is 2. The molecule has 9 nitrogen and oxygen atoms in total. The van der Waals surface area contributed by atoms with E-state index in [1.807, 2.05) is 0 Å².